The van der Waals surface area contributed by atoms with Crippen LogP contribution in [0.25, 0.3) is 5.70 Å². The van der Waals surface area contributed by atoms with Crippen LogP contribution in [0.5, 0.6) is 5.75 Å². The molecule has 0 saturated carbocycles. The average molecular weight is 339 g/mol. The lowest BCUT2D eigenvalue weighted by molar-refractivity contribution is 0.414. The van der Waals surface area contributed by atoms with E-state index < -0.39 is 0 Å². The lowest BCUT2D eigenvalue weighted by Gasteiger charge is -2.19. The number of hydrogen-bond donors (Lipinski definition) is 1. The van der Waals surface area contributed by atoms with Gasteiger partial charge in [0.05, 0.1) is 23.9 Å². The number of rotatable bonds is 1. The van der Waals surface area contributed by atoms with Gasteiger partial charge in [0.25, 0.3) is 0 Å². The van der Waals surface area contributed by atoms with Crippen LogP contribution in [0.4, 0.5) is 0 Å². The van der Waals surface area contributed by atoms with Crippen molar-refractivity contribution in [2.45, 2.75) is 65.5 Å². The zero-order valence-corrected chi connectivity index (χ0v) is 16.4. The first-order valence-electron chi connectivity index (χ1n) is 8.95. The van der Waals surface area contributed by atoms with E-state index in [1.54, 1.807) is 7.11 Å². The Morgan fingerprint density at radius 3 is 2.24 bits per heavy atom. The number of fused-ring (bicyclic) bond motifs is 2. The second-order valence-electron chi connectivity index (χ2n) is 8.76. The van der Waals surface area contributed by atoms with Crippen molar-refractivity contribution in [1.82, 2.24) is 5.32 Å². The van der Waals surface area contributed by atoms with Gasteiger partial charge in [0.2, 0.25) is 0 Å². The summed E-state index contributed by atoms with van der Waals surface area (Å²) < 4.78 is 5.38. The molecule has 2 aliphatic rings. The maximum absolute atomic E-state index is 5.38. The van der Waals surface area contributed by atoms with Crippen LogP contribution in [0.1, 0.15) is 59.1 Å². The topological polar surface area (TPSA) is 46.0 Å². The van der Waals surface area contributed by atoms with E-state index in [1.165, 1.54) is 16.7 Å². The summed E-state index contributed by atoms with van der Waals surface area (Å²) in [5.74, 6) is 1.81. The van der Waals surface area contributed by atoms with E-state index in [4.69, 9.17) is 14.7 Å². The minimum Gasteiger partial charge on any atom is -0.497 e. The van der Waals surface area contributed by atoms with Gasteiger partial charge in [0.15, 0.2) is 5.84 Å². The molecule has 0 saturated heterocycles. The van der Waals surface area contributed by atoms with E-state index in [1.807, 2.05) is 6.07 Å². The van der Waals surface area contributed by atoms with Crippen LogP contribution in [0.3, 0.4) is 0 Å². The predicted octanol–water partition coefficient (Wildman–Crippen LogP) is 4.39. The second-order valence-corrected chi connectivity index (χ2v) is 8.76. The highest BCUT2D eigenvalue weighted by atomic mass is 16.5. The third-order valence-electron chi connectivity index (χ3n) is 4.18. The molecule has 0 spiro atoms. The molecule has 0 bridgehead atoms. The van der Waals surface area contributed by atoms with Gasteiger partial charge in [-0.1, -0.05) is 0 Å². The quantitative estimate of drug-likeness (QED) is 0.824. The highest BCUT2D eigenvalue weighted by Gasteiger charge is 2.33. The molecule has 0 atom stereocenters. The normalized spacial score (nSPS) is 20.6. The standard InChI is InChI=1S/C21H29N3O/c1-20(2,3)23-18-16-10-8-13-12-14(25-7)9-11-15(13)17(16)22-19(18)24-21(4,5)6/h9,11-12H,8,10H2,1-7H3,(H,22,23,24). The Kier molecular flexibility index (Phi) is 4.26. The Morgan fingerprint density at radius 2 is 1.64 bits per heavy atom. The Bertz CT molecular complexity index is 786. The van der Waals surface area contributed by atoms with E-state index in [9.17, 15) is 0 Å². The first-order valence-corrected chi connectivity index (χ1v) is 8.95. The molecule has 0 radical (unpaired) electrons. The number of aryl methyl sites for hydroxylation is 1. The second kappa shape index (κ2) is 6.01. The van der Waals surface area contributed by atoms with Gasteiger partial charge < -0.3 is 10.1 Å². The van der Waals surface area contributed by atoms with Crippen molar-refractivity contribution < 1.29 is 4.74 Å². The highest BCUT2D eigenvalue weighted by molar-refractivity contribution is 6.53. The molecule has 0 amide bonds. The summed E-state index contributed by atoms with van der Waals surface area (Å²) in [6.45, 7) is 12.8. The largest absolute Gasteiger partial charge is 0.497 e. The van der Waals surface area contributed by atoms with Crippen molar-refractivity contribution >= 4 is 17.2 Å². The number of benzene rings is 1. The van der Waals surface area contributed by atoms with Gasteiger partial charge in [0.1, 0.15) is 11.5 Å². The van der Waals surface area contributed by atoms with Crippen LogP contribution in [0, 0.1) is 0 Å². The van der Waals surface area contributed by atoms with E-state index in [-0.39, 0.29) is 11.1 Å². The van der Waals surface area contributed by atoms with Crippen LogP contribution in [0.15, 0.2) is 33.8 Å². The molecule has 0 aromatic heterocycles. The Balaban J connectivity index is 2.13. The molecule has 1 heterocycles. The zero-order chi connectivity index (χ0) is 18.4. The molecular formula is C21H29N3O. The van der Waals surface area contributed by atoms with Crippen molar-refractivity contribution in [2.75, 3.05) is 7.11 Å². The van der Waals surface area contributed by atoms with Crippen LogP contribution >= 0.6 is 0 Å². The molecule has 3 rings (SSSR count). The zero-order valence-electron chi connectivity index (χ0n) is 16.4. The molecule has 1 aliphatic carbocycles. The molecular weight excluding hydrogens is 310 g/mol. The highest BCUT2D eigenvalue weighted by Crippen LogP contribution is 2.36. The number of nitrogens with one attached hydrogen (secondary N) is 1. The van der Waals surface area contributed by atoms with Gasteiger partial charge in [-0.25, -0.2) is 0 Å². The molecule has 1 aromatic carbocycles. The lowest BCUT2D eigenvalue weighted by Crippen LogP contribution is -2.29. The van der Waals surface area contributed by atoms with Gasteiger partial charge in [-0.3, -0.25) is 9.98 Å². The number of amidine groups is 1. The monoisotopic (exact) mass is 339 g/mol. The van der Waals surface area contributed by atoms with Gasteiger partial charge >= 0.3 is 0 Å². The van der Waals surface area contributed by atoms with Crippen LogP contribution in [0.2, 0.25) is 0 Å². The summed E-state index contributed by atoms with van der Waals surface area (Å²) >= 11 is 0. The summed E-state index contributed by atoms with van der Waals surface area (Å²) in [5.41, 5.74) is 5.74. The minimum atomic E-state index is -0.154. The SMILES string of the molecule is COc1ccc2c(c1)CCC1=C2NC(=NC(C)(C)C)C1=NC(C)(C)C. The van der Waals surface area contributed by atoms with E-state index in [0.29, 0.717) is 0 Å². The van der Waals surface area contributed by atoms with Crippen molar-refractivity contribution in [3.63, 3.8) is 0 Å². The fraction of sp³-hybridized carbons (Fsp3) is 0.524. The first kappa shape index (κ1) is 17.7. The third kappa shape index (κ3) is 3.78. The average Bonchev–Trinajstić information content (AvgIpc) is 2.81. The molecule has 1 aliphatic heterocycles. The fourth-order valence-corrected chi connectivity index (χ4v) is 3.27. The number of nitrogens with zero attached hydrogens (tertiary/aromatic N) is 2. The van der Waals surface area contributed by atoms with Crippen molar-refractivity contribution in [3.05, 3.63) is 34.9 Å². The minimum absolute atomic E-state index is 0.141. The van der Waals surface area contributed by atoms with Gasteiger partial charge in [-0.15, -0.1) is 0 Å². The number of methoxy groups -OCH3 is 1. The number of ether oxygens (including phenoxy) is 1. The molecule has 0 fully saturated rings. The Labute approximate surface area is 151 Å². The fourth-order valence-electron chi connectivity index (χ4n) is 3.27. The van der Waals surface area contributed by atoms with Crippen molar-refractivity contribution in [1.29, 1.82) is 0 Å². The summed E-state index contributed by atoms with van der Waals surface area (Å²) in [6, 6.07) is 6.31. The maximum Gasteiger partial charge on any atom is 0.152 e. The molecule has 134 valence electrons. The molecule has 1 N–H and O–H groups in total. The van der Waals surface area contributed by atoms with Gasteiger partial charge in [-0.2, -0.15) is 0 Å². The number of hydrogen-bond acceptors (Lipinski definition) is 3. The number of aliphatic imine (C=N–C) groups is 2. The Morgan fingerprint density at radius 1 is 0.960 bits per heavy atom. The van der Waals surface area contributed by atoms with E-state index >= 15 is 0 Å². The lowest BCUT2D eigenvalue weighted by atomic mass is 9.88. The third-order valence-corrected chi connectivity index (χ3v) is 4.18. The molecule has 25 heavy (non-hydrogen) atoms. The van der Waals surface area contributed by atoms with Crippen LogP contribution < -0.4 is 10.1 Å². The van der Waals surface area contributed by atoms with Gasteiger partial charge in [-0.05, 0) is 78.1 Å². The summed E-state index contributed by atoms with van der Waals surface area (Å²) in [7, 11) is 1.71. The summed E-state index contributed by atoms with van der Waals surface area (Å²) in [6.07, 6.45) is 1.97. The van der Waals surface area contributed by atoms with Crippen molar-refractivity contribution in [3.8, 4) is 5.75 Å². The Hall–Kier alpha value is -2.10. The van der Waals surface area contributed by atoms with Gasteiger partial charge in [0, 0.05) is 11.1 Å². The maximum atomic E-state index is 5.38. The van der Waals surface area contributed by atoms with E-state index in [2.05, 4.69) is 59.0 Å². The van der Waals surface area contributed by atoms with E-state index in [0.717, 1.165) is 35.8 Å². The molecule has 1 aromatic rings. The molecule has 0 unspecified atom stereocenters. The first-order chi connectivity index (χ1) is 11.6. The summed E-state index contributed by atoms with van der Waals surface area (Å²) in [4.78, 5) is 9.92. The molecule has 4 heteroatoms. The summed E-state index contributed by atoms with van der Waals surface area (Å²) in [5, 5.41) is 3.57. The van der Waals surface area contributed by atoms with Crippen LogP contribution in [-0.4, -0.2) is 29.7 Å². The predicted molar refractivity (Wildman–Crippen MR) is 106 cm³/mol. The van der Waals surface area contributed by atoms with Crippen molar-refractivity contribution in [2.24, 2.45) is 9.98 Å². The van der Waals surface area contributed by atoms with Crippen LogP contribution in [-0.2, 0) is 6.42 Å². The molecule has 4 nitrogen and oxygen atoms in total. The smallest absolute Gasteiger partial charge is 0.152 e.